The number of aromatic nitrogens is 1. The van der Waals surface area contributed by atoms with Gasteiger partial charge in [0.2, 0.25) is 11.5 Å². The smallest absolute Gasteiger partial charge is 0.207 e. The van der Waals surface area contributed by atoms with E-state index in [0.717, 1.165) is 21.6 Å². The summed E-state index contributed by atoms with van der Waals surface area (Å²) in [6.07, 6.45) is 1.84. The van der Waals surface area contributed by atoms with E-state index in [-0.39, 0.29) is 0 Å². The lowest BCUT2D eigenvalue weighted by Gasteiger charge is -2.18. The largest absolute Gasteiger partial charge is 0.493 e. The van der Waals surface area contributed by atoms with Gasteiger partial charge in [-0.25, -0.2) is 0 Å². The standard InChI is InChI=1S/C20H21NO4S/c1-12-6-8-13(9-7-12)20-15(11-21-26-20)14-10-16(22-2)18(24-4)19(25-5)17(14)23-3/h6-11H,1-5H3. The minimum Gasteiger partial charge on any atom is -0.493 e. The Labute approximate surface area is 157 Å². The highest BCUT2D eigenvalue weighted by Gasteiger charge is 2.24. The SMILES string of the molecule is COc1cc(-c2cnsc2-c2ccc(C)cc2)c(OC)c(OC)c1OC. The van der Waals surface area contributed by atoms with Crippen LogP contribution in [-0.4, -0.2) is 32.8 Å². The van der Waals surface area contributed by atoms with Gasteiger partial charge in [0.05, 0.1) is 33.3 Å². The van der Waals surface area contributed by atoms with E-state index in [1.165, 1.54) is 17.1 Å². The molecule has 0 saturated carbocycles. The molecule has 0 spiro atoms. The van der Waals surface area contributed by atoms with Gasteiger partial charge in [-0.05, 0) is 30.1 Å². The van der Waals surface area contributed by atoms with E-state index in [2.05, 4.69) is 35.6 Å². The van der Waals surface area contributed by atoms with Crippen LogP contribution >= 0.6 is 11.5 Å². The predicted octanol–water partition coefficient (Wildman–Crippen LogP) is 4.82. The number of hydrogen-bond donors (Lipinski definition) is 0. The highest BCUT2D eigenvalue weighted by molar-refractivity contribution is 7.10. The Hall–Kier alpha value is -2.73. The van der Waals surface area contributed by atoms with Gasteiger partial charge in [-0.1, -0.05) is 29.8 Å². The van der Waals surface area contributed by atoms with Crippen LogP contribution in [0.15, 0.2) is 36.5 Å². The molecule has 136 valence electrons. The lowest BCUT2D eigenvalue weighted by atomic mass is 10.0. The second kappa shape index (κ2) is 7.66. The molecule has 6 heteroatoms. The Kier molecular flexibility index (Phi) is 5.32. The molecule has 2 aromatic carbocycles. The van der Waals surface area contributed by atoms with Gasteiger partial charge >= 0.3 is 0 Å². The van der Waals surface area contributed by atoms with Crippen molar-refractivity contribution in [2.24, 2.45) is 0 Å². The quantitative estimate of drug-likeness (QED) is 0.622. The molecule has 0 fully saturated rings. The molecule has 0 atom stereocenters. The van der Waals surface area contributed by atoms with E-state index in [4.69, 9.17) is 18.9 Å². The van der Waals surface area contributed by atoms with Gasteiger partial charge in [-0.15, -0.1) is 0 Å². The monoisotopic (exact) mass is 371 g/mol. The summed E-state index contributed by atoms with van der Waals surface area (Å²) in [5.74, 6) is 2.14. The lowest BCUT2D eigenvalue weighted by molar-refractivity contribution is 0.306. The van der Waals surface area contributed by atoms with Crippen LogP contribution in [0.5, 0.6) is 23.0 Å². The predicted molar refractivity (Wildman–Crippen MR) is 104 cm³/mol. The zero-order valence-electron chi connectivity index (χ0n) is 15.5. The van der Waals surface area contributed by atoms with Gasteiger partial charge in [0.1, 0.15) is 0 Å². The zero-order valence-corrected chi connectivity index (χ0v) is 16.3. The second-order valence-electron chi connectivity index (χ2n) is 5.66. The van der Waals surface area contributed by atoms with E-state index in [0.29, 0.717) is 23.0 Å². The van der Waals surface area contributed by atoms with E-state index in [1.807, 2.05) is 12.3 Å². The third-order valence-corrected chi connectivity index (χ3v) is 5.01. The molecule has 0 saturated heterocycles. The number of benzene rings is 2. The third kappa shape index (κ3) is 3.08. The molecular weight excluding hydrogens is 350 g/mol. The fourth-order valence-electron chi connectivity index (χ4n) is 2.88. The first-order chi connectivity index (χ1) is 12.6. The van der Waals surface area contributed by atoms with Crippen LogP contribution in [0.3, 0.4) is 0 Å². The van der Waals surface area contributed by atoms with Crippen molar-refractivity contribution in [1.82, 2.24) is 4.37 Å². The molecule has 0 bridgehead atoms. The normalized spacial score (nSPS) is 10.5. The summed E-state index contributed by atoms with van der Waals surface area (Å²) in [5, 5.41) is 0. The maximum atomic E-state index is 5.66. The van der Waals surface area contributed by atoms with Crippen molar-refractivity contribution in [3.8, 4) is 44.6 Å². The molecular formula is C20H21NO4S. The third-order valence-electron chi connectivity index (χ3n) is 4.16. The Morgan fingerprint density at radius 2 is 1.42 bits per heavy atom. The molecule has 3 rings (SSSR count). The first-order valence-corrected chi connectivity index (χ1v) is 8.81. The summed E-state index contributed by atoms with van der Waals surface area (Å²) in [6.45, 7) is 2.07. The van der Waals surface area contributed by atoms with Crippen LogP contribution in [0.1, 0.15) is 5.56 Å². The summed E-state index contributed by atoms with van der Waals surface area (Å²) >= 11 is 1.44. The van der Waals surface area contributed by atoms with Crippen LogP contribution in [0.25, 0.3) is 21.6 Å². The summed E-state index contributed by atoms with van der Waals surface area (Å²) in [6, 6.07) is 10.3. The summed E-state index contributed by atoms with van der Waals surface area (Å²) in [4.78, 5) is 1.05. The number of methoxy groups -OCH3 is 4. The topological polar surface area (TPSA) is 49.8 Å². The average Bonchev–Trinajstić information content (AvgIpc) is 3.16. The molecule has 0 amide bonds. The summed E-state index contributed by atoms with van der Waals surface area (Å²) < 4.78 is 26.6. The number of nitrogens with zero attached hydrogens (tertiary/aromatic N) is 1. The first-order valence-electron chi connectivity index (χ1n) is 8.03. The van der Waals surface area contributed by atoms with E-state index in [1.54, 1.807) is 28.4 Å². The zero-order chi connectivity index (χ0) is 18.7. The molecule has 26 heavy (non-hydrogen) atoms. The van der Waals surface area contributed by atoms with Crippen molar-refractivity contribution < 1.29 is 18.9 Å². The molecule has 0 N–H and O–H groups in total. The summed E-state index contributed by atoms with van der Waals surface area (Å²) in [5.41, 5.74) is 4.11. The van der Waals surface area contributed by atoms with E-state index >= 15 is 0 Å². The minimum atomic E-state index is 0.491. The number of ether oxygens (including phenoxy) is 4. The van der Waals surface area contributed by atoms with Crippen LogP contribution in [0, 0.1) is 6.92 Å². The molecule has 0 aliphatic heterocycles. The molecule has 0 aliphatic carbocycles. The van der Waals surface area contributed by atoms with Crippen LogP contribution in [0.2, 0.25) is 0 Å². The van der Waals surface area contributed by atoms with Crippen LogP contribution in [0.4, 0.5) is 0 Å². The molecule has 0 unspecified atom stereocenters. The number of rotatable bonds is 6. The van der Waals surface area contributed by atoms with Crippen molar-refractivity contribution in [3.63, 3.8) is 0 Å². The number of aryl methyl sites for hydroxylation is 1. The maximum Gasteiger partial charge on any atom is 0.207 e. The highest BCUT2D eigenvalue weighted by Crippen LogP contribution is 2.51. The number of hydrogen-bond acceptors (Lipinski definition) is 6. The van der Waals surface area contributed by atoms with Gasteiger partial charge in [0.15, 0.2) is 11.5 Å². The fourth-order valence-corrected chi connectivity index (χ4v) is 3.64. The highest BCUT2D eigenvalue weighted by atomic mass is 32.1. The van der Waals surface area contributed by atoms with Crippen LogP contribution in [-0.2, 0) is 0 Å². The van der Waals surface area contributed by atoms with Gasteiger partial charge < -0.3 is 18.9 Å². The lowest BCUT2D eigenvalue weighted by Crippen LogP contribution is -2.00. The first kappa shape index (κ1) is 18.1. The van der Waals surface area contributed by atoms with E-state index < -0.39 is 0 Å². The fraction of sp³-hybridized carbons (Fsp3) is 0.250. The molecule has 1 aromatic heterocycles. The van der Waals surface area contributed by atoms with Gasteiger partial charge in [0, 0.05) is 17.3 Å². The van der Waals surface area contributed by atoms with Crippen molar-refractivity contribution in [2.45, 2.75) is 6.92 Å². The maximum absolute atomic E-state index is 5.66. The Morgan fingerprint density at radius 3 is 2.00 bits per heavy atom. The van der Waals surface area contributed by atoms with Crippen molar-refractivity contribution >= 4 is 11.5 Å². The Morgan fingerprint density at radius 1 is 0.769 bits per heavy atom. The molecule has 1 heterocycles. The van der Waals surface area contributed by atoms with Crippen LogP contribution < -0.4 is 18.9 Å². The van der Waals surface area contributed by atoms with Gasteiger partial charge in [-0.3, -0.25) is 0 Å². The molecule has 0 radical (unpaired) electrons. The Bertz CT molecular complexity index is 903. The average molecular weight is 371 g/mol. The van der Waals surface area contributed by atoms with Crippen molar-refractivity contribution in [1.29, 1.82) is 0 Å². The molecule has 0 aliphatic rings. The second-order valence-corrected chi connectivity index (χ2v) is 6.46. The van der Waals surface area contributed by atoms with Gasteiger partial charge in [0.25, 0.3) is 0 Å². The molecule has 5 nitrogen and oxygen atoms in total. The van der Waals surface area contributed by atoms with E-state index in [9.17, 15) is 0 Å². The van der Waals surface area contributed by atoms with Crippen molar-refractivity contribution in [3.05, 3.63) is 42.1 Å². The van der Waals surface area contributed by atoms with Gasteiger partial charge in [-0.2, -0.15) is 4.37 Å². The summed E-state index contributed by atoms with van der Waals surface area (Å²) in [7, 11) is 6.36. The molecule has 3 aromatic rings. The Balaban J connectivity index is 2.25. The minimum absolute atomic E-state index is 0.491. The van der Waals surface area contributed by atoms with Crippen molar-refractivity contribution in [2.75, 3.05) is 28.4 Å².